The molecule has 0 spiro atoms. The number of methoxy groups -OCH3 is 1. The predicted octanol–water partition coefficient (Wildman–Crippen LogP) is 7.41. The summed E-state index contributed by atoms with van der Waals surface area (Å²) < 4.78 is 23.2. The number of para-hydroxylation sites is 2. The molecular formula is C35H33NO6. The van der Waals surface area contributed by atoms with Gasteiger partial charge in [0.25, 0.3) is 0 Å². The maximum Gasteiger partial charge on any atom is 0.348 e. The molecule has 0 fully saturated rings. The van der Waals surface area contributed by atoms with E-state index in [1.165, 1.54) is 7.11 Å². The van der Waals surface area contributed by atoms with Crippen molar-refractivity contribution in [1.82, 2.24) is 4.98 Å². The largest absolute Gasteiger partial charge is 0.493 e. The summed E-state index contributed by atoms with van der Waals surface area (Å²) in [5, 5.41) is 9.95. The van der Waals surface area contributed by atoms with Gasteiger partial charge >= 0.3 is 5.97 Å². The van der Waals surface area contributed by atoms with Crippen LogP contribution < -0.4 is 14.2 Å². The van der Waals surface area contributed by atoms with Crippen LogP contribution in [-0.2, 0) is 17.6 Å². The molecule has 5 rings (SSSR count). The van der Waals surface area contributed by atoms with Crippen molar-refractivity contribution in [1.29, 1.82) is 0 Å². The van der Waals surface area contributed by atoms with E-state index in [9.17, 15) is 9.90 Å². The van der Waals surface area contributed by atoms with Crippen LogP contribution in [-0.4, -0.2) is 35.4 Å². The minimum atomic E-state index is -1.49. The number of aliphatic carboxylic acids is 1. The van der Waals surface area contributed by atoms with E-state index in [0.717, 1.165) is 33.7 Å². The number of carboxylic acids is 1. The van der Waals surface area contributed by atoms with Crippen molar-refractivity contribution in [2.75, 3.05) is 13.7 Å². The third kappa shape index (κ3) is 6.63. The van der Waals surface area contributed by atoms with Crippen molar-refractivity contribution in [2.45, 2.75) is 32.3 Å². The third-order valence-electron chi connectivity index (χ3n) is 7.06. The lowest BCUT2D eigenvalue weighted by atomic mass is 9.96. The van der Waals surface area contributed by atoms with Crippen LogP contribution in [0.3, 0.4) is 0 Å². The standard InChI is InChI=1S/C35H33NO6/c1-24-30(36-33(41-24)28-17-15-27(16-18-28)26-9-5-4-6-10-26)21-22-40-29-19-13-25(14-20-29)23-35(2,34(37)38)42-32-12-8-7-11-31(32)39-3/h4-20H,21-23H2,1-3H3,(H,37,38). The summed E-state index contributed by atoms with van der Waals surface area (Å²) in [6.07, 6.45) is 0.747. The summed E-state index contributed by atoms with van der Waals surface area (Å²) in [4.78, 5) is 16.9. The molecular weight excluding hydrogens is 530 g/mol. The highest BCUT2D eigenvalue weighted by Gasteiger charge is 2.36. The molecule has 0 saturated heterocycles. The third-order valence-corrected chi connectivity index (χ3v) is 7.06. The van der Waals surface area contributed by atoms with Crippen molar-refractivity contribution >= 4 is 5.97 Å². The zero-order valence-electron chi connectivity index (χ0n) is 23.9. The van der Waals surface area contributed by atoms with E-state index in [-0.39, 0.29) is 6.42 Å². The van der Waals surface area contributed by atoms with Crippen molar-refractivity contribution < 1.29 is 28.5 Å². The zero-order chi connectivity index (χ0) is 29.5. The summed E-state index contributed by atoms with van der Waals surface area (Å²) >= 11 is 0. The van der Waals surface area contributed by atoms with Crippen LogP contribution in [0, 0.1) is 6.92 Å². The molecule has 1 heterocycles. The molecule has 0 aliphatic carbocycles. The van der Waals surface area contributed by atoms with Gasteiger partial charge in [-0.1, -0.05) is 66.7 Å². The number of carbonyl (C=O) groups is 1. The first-order valence-corrected chi connectivity index (χ1v) is 13.7. The minimum absolute atomic E-state index is 0.161. The number of ether oxygens (including phenoxy) is 3. The first-order valence-electron chi connectivity index (χ1n) is 13.7. The molecule has 0 bridgehead atoms. The fourth-order valence-electron chi connectivity index (χ4n) is 4.68. The highest BCUT2D eigenvalue weighted by molar-refractivity contribution is 5.78. The molecule has 0 aliphatic heterocycles. The Labute approximate surface area is 245 Å². The molecule has 7 nitrogen and oxygen atoms in total. The second kappa shape index (κ2) is 12.6. The Morgan fingerprint density at radius 1 is 0.833 bits per heavy atom. The Morgan fingerprint density at radius 3 is 2.12 bits per heavy atom. The van der Waals surface area contributed by atoms with Crippen molar-refractivity contribution in [2.24, 2.45) is 0 Å². The number of oxazole rings is 1. The highest BCUT2D eigenvalue weighted by Crippen LogP contribution is 2.32. The Balaban J connectivity index is 1.17. The zero-order valence-corrected chi connectivity index (χ0v) is 23.9. The molecule has 0 aliphatic rings. The SMILES string of the molecule is COc1ccccc1OC(C)(Cc1ccc(OCCc2nc(-c3ccc(-c4ccccc4)cc3)oc2C)cc1)C(=O)O. The molecule has 42 heavy (non-hydrogen) atoms. The fourth-order valence-corrected chi connectivity index (χ4v) is 4.68. The van der Waals surface area contributed by atoms with Gasteiger partial charge in [0.1, 0.15) is 11.5 Å². The highest BCUT2D eigenvalue weighted by atomic mass is 16.5. The maximum atomic E-state index is 12.2. The van der Waals surface area contributed by atoms with Gasteiger partial charge in [0.2, 0.25) is 11.5 Å². The monoisotopic (exact) mass is 563 g/mol. The number of aryl methyl sites for hydroxylation is 1. The number of rotatable bonds is 12. The lowest BCUT2D eigenvalue weighted by molar-refractivity contribution is -0.153. The van der Waals surface area contributed by atoms with Crippen LogP contribution in [0.25, 0.3) is 22.6 Å². The summed E-state index contributed by atoms with van der Waals surface area (Å²) in [7, 11) is 1.52. The van der Waals surface area contributed by atoms with Gasteiger partial charge in [-0.05, 0) is 66.9 Å². The number of aromatic nitrogens is 1. The molecule has 1 atom stereocenters. The van der Waals surface area contributed by atoms with Gasteiger partial charge in [-0.15, -0.1) is 0 Å². The van der Waals surface area contributed by atoms with Crippen LogP contribution >= 0.6 is 0 Å². The van der Waals surface area contributed by atoms with E-state index in [0.29, 0.717) is 36.2 Å². The second-order valence-electron chi connectivity index (χ2n) is 10.2. The Morgan fingerprint density at radius 2 is 1.45 bits per heavy atom. The summed E-state index contributed by atoms with van der Waals surface area (Å²) in [6, 6.07) is 32.8. The number of carboxylic acid groups (broad SMARTS) is 1. The Bertz CT molecular complexity index is 1630. The normalized spacial score (nSPS) is 12.4. The molecule has 1 aromatic heterocycles. The van der Waals surface area contributed by atoms with Crippen molar-refractivity contribution in [3.05, 3.63) is 120 Å². The van der Waals surface area contributed by atoms with E-state index in [1.807, 2.05) is 61.5 Å². The second-order valence-corrected chi connectivity index (χ2v) is 10.2. The van der Waals surface area contributed by atoms with Crippen LogP contribution in [0.2, 0.25) is 0 Å². The maximum absolute atomic E-state index is 12.2. The van der Waals surface area contributed by atoms with Gasteiger partial charge in [-0.2, -0.15) is 0 Å². The van der Waals surface area contributed by atoms with Crippen LogP contribution in [0.15, 0.2) is 108 Å². The van der Waals surface area contributed by atoms with Crippen LogP contribution in [0.5, 0.6) is 17.2 Å². The fraction of sp³-hybridized carbons (Fsp3) is 0.200. The van der Waals surface area contributed by atoms with Crippen LogP contribution in [0.1, 0.15) is 23.9 Å². The van der Waals surface area contributed by atoms with Gasteiger partial charge in [0.05, 0.1) is 19.4 Å². The molecule has 7 heteroatoms. The molecule has 1 N–H and O–H groups in total. The van der Waals surface area contributed by atoms with Gasteiger partial charge in [-0.3, -0.25) is 0 Å². The predicted molar refractivity (Wildman–Crippen MR) is 161 cm³/mol. The van der Waals surface area contributed by atoms with Crippen molar-refractivity contribution in [3.63, 3.8) is 0 Å². The Kier molecular flexibility index (Phi) is 8.58. The van der Waals surface area contributed by atoms with Gasteiger partial charge in [-0.25, -0.2) is 9.78 Å². The number of benzene rings is 4. The molecule has 214 valence electrons. The Hall–Kier alpha value is -5.04. The average Bonchev–Trinajstić information content (AvgIpc) is 3.38. The molecule has 4 aromatic carbocycles. The summed E-state index contributed by atoms with van der Waals surface area (Å²) in [5.74, 6) is 1.81. The minimum Gasteiger partial charge on any atom is -0.493 e. The number of hydrogen-bond acceptors (Lipinski definition) is 6. The first-order chi connectivity index (χ1) is 20.3. The van der Waals surface area contributed by atoms with E-state index in [1.54, 1.807) is 31.2 Å². The lowest BCUT2D eigenvalue weighted by Crippen LogP contribution is -2.43. The van der Waals surface area contributed by atoms with Gasteiger partial charge < -0.3 is 23.7 Å². The smallest absolute Gasteiger partial charge is 0.348 e. The molecule has 1 unspecified atom stereocenters. The topological polar surface area (TPSA) is 91.0 Å². The first kappa shape index (κ1) is 28.5. The van der Waals surface area contributed by atoms with Gasteiger partial charge in [0.15, 0.2) is 11.5 Å². The lowest BCUT2D eigenvalue weighted by Gasteiger charge is -2.27. The van der Waals surface area contributed by atoms with Crippen LogP contribution in [0.4, 0.5) is 0 Å². The molecule has 0 radical (unpaired) electrons. The van der Waals surface area contributed by atoms with E-state index >= 15 is 0 Å². The molecule has 0 amide bonds. The average molecular weight is 564 g/mol. The molecule has 5 aromatic rings. The van der Waals surface area contributed by atoms with E-state index in [2.05, 4.69) is 24.3 Å². The van der Waals surface area contributed by atoms with Crippen molar-refractivity contribution in [3.8, 4) is 39.8 Å². The van der Waals surface area contributed by atoms with E-state index in [4.69, 9.17) is 23.6 Å². The molecule has 0 saturated carbocycles. The summed E-state index contributed by atoms with van der Waals surface area (Å²) in [5.41, 5.74) is 3.39. The van der Waals surface area contributed by atoms with E-state index < -0.39 is 11.6 Å². The number of nitrogens with zero attached hydrogens (tertiary/aromatic N) is 1. The van der Waals surface area contributed by atoms with Gasteiger partial charge in [0, 0.05) is 18.4 Å². The summed E-state index contributed by atoms with van der Waals surface area (Å²) in [6.45, 7) is 3.88. The quantitative estimate of drug-likeness (QED) is 0.169. The number of hydrogen-bond donors (Lipinski definition) is 1.